The first-order valence-corrected chi connectivity index (χ1v) is 18.2. The third-order valence-corrected chi connectivity index (χ3v) is 10.5. The van der Waals surface area contributed by atoms with Crippen LogP contribution in [-0.4, -0.2) is 24.1 Å². The zero-order chi connectivity index (χ0) is 35.6. The maximum Gasteiger partial charge on any atom is 0.164 e. The second-order valence-corrected chi connectivity index (χ2v) is 13.7. The van der Waals surface area contributed by atoms with Crippen molar-refractivity contribution in [3.8, 4) is 45.5 Å². The van der Waals surface area contributed by atoms with Crippen LogP contribution in [0, 0.1) is 0 Å². The Balaban J connectivity index is 1.15. The summed E-state index contributed by atoms with van der Waals surface area (Å²) in [6.45, 7) is 0. The summed E-state index contributed by atoms with van der Waals surface area (Å²) in [4.78, 5) is 15.0. The lowest BCUT2D eigenvalue weighted by Gasteiger charge is -2.12. The molecule has 0 aliphatic heterocycles. The molecule has 0 unspecified atom stereocenters. The van der Waals surface area contributed by atoms with E-state index in [1.165, 1.54) is 49.0 Å². The molecule has 0 N–H and O–H groups in total. The summed E-state index contributed by atoms with van der Waals surface area (Å²) in [5, 5.41) is 7.29. The van der Waals surface area contributed by atoms with E-state index in [-0.39, 0.29) is 0 Å². The lowest BCUT2D eigenvalue weighted by molar-refractivity contribution is 1.07. The van der Waals surface area contributed by atoms with Crippen molar-refractivity contribution in [2.45, 2.75) is 0 Å². The van der Waals surface area contributed by atoms with Crippen molar-refractivity contribution in [1.82, 2.24) is 24.1 Å². The van der Waals surface area contributed by atoms with Gasteiger partial charge in [-0.1, -0.05) is 146 Å². The SMILES string of the molecule is c1ccc(-c2nc(-c3ccccc3)nc(-c3cccc(-n4c5ccccc5c5cc6c(cc54)c4ccccc4n6-c4cccc5ccccc45)c3)n2)cc1. The smallest absolute Gasteiger partial charge is 0.164 e. The Bertz CT molecular complexity index is 3150. The quantitative estimate of drug-likeness (QED) is 0.181. The van der Waals surface area contributed by atoms with Crippen molar-refractivity contribution in [2.24, 2.45) is 0 Å². The molecule has 0 radical (unpaired) electrons. The molecular formula is C49H31N5. The molecule has 5 nitrogen and oxygen atoms in total. The van der Waals surface area contributed by atoms with Crippen molar-refractivity contribution < 1.29 is 0 Å². The van der Waals surface area contributed by atoms with Crippen molar-refractivity contribution >= 4 is 54.4 Å². The van der Waals surface area contributed by atoms with Gasteiger partial charge in [-0.25, -0.2) is 15.0 Å². The molecule has 0 atom stereocenters. The van der Waals surface area contributed by atoms with Gasteiger partial charge in [0.05, 0.1) is 27.8 Å². The van der Waals surface area contributed by atoms with Crippen LogP contribution in [0.4, 0.5) is 0 Å². The summed E-state index contributed by atoms with van der Waals surface area (Å²) in [6.07, 6.45) is 0. The number of rotatable bonds is 5. The first-order valence-electron chi connectivity index (χ1n) is 18.2. The second kappa shape index (κ2) is 12.1. The number of fused-ring (bicyclic) bond motifs is 7. The van der Waals surface area contributed by atoms with Gasteiger partial charge in [0.1, 0.15) is 0 Å². The first-order chi connectivity index (χ1) is 26.8. The molecule has 11 rings (SSSR count). The molecule has 8 aromatic carbocycles. The molecule has 3 aromatic heterocycles. The third-order valence-electron chi connectivity index (χ3n) is 10.5. The largest absolute Gasteiger partial charge is 0.309 e. The summed E-state index contributed by atoms with van der Waals surface area (Å²) >= 11 is 0. The van der Waals surface area contributed by atoms with Gasteiger partial charge < -0.3 is 9.13 Å². The normalized spacial score (nSPS) is 11.7. The lowest BCUT2D eigenvalue weighted by atomic mass is 10.1. The minimum Gasteiger partial charge on any atom is -0.309 e. The summed E-state index contributed by atoms with van der Waals surface area (Å²) in [5.74, 6) is 1.92. The Morgan fingerprint density at radius 2 is 0.759 bits per heavy atom. The van der Waals surface area contributed by atoms with E-state index in [0.717, 1.165) is 33.4 Å². The fraction of sp³-hybridized carbons (Fsp3) is 0. The van der Waals surface area contributed by atoms with E-state index in [9.17, 15) is 0 Å². The van der Waals surface area contributed by atoms with Gasteiger partial charge >= 0.3 is 0 Å². The van der Waals surface area contributed by atoms with Crippen LogP contribution in [0.2, 0.25) is 0 Å². The topological polar surface area (TPSA) is 48.5 Å². The molecular weight excluding hydrogens is 659 g/mol. The molecule has 0 amide bonds. The van der Waals surface area contributed by atoms with Crippen molar-refractivity contribution in [1.29, 1.82) is 0 Å². The molecule has 0 saturated heterocycles. The number of aromatic nitrogens is 5. The fourth-order valence-corrected chi connectivity index (χ4v) is 8.09. The molecule has 54 heavy (non-hydrogen) atoms. The highest BCUT2D eigenvalue weighted by atomic mass is 15.0. The van der Waals surface area contributed by atoms with E-state index in [1.807, 2.05) is 60.7 Å². The van der Waals surface area contributed by atoms with Crippen LogP contribution in [0.3, 0.4) is 0 Å². The van der Waals surface area contributed by atoms with E-state index in [0.29, 0.717) is 17.5 Å². The Morgan fingerprint density at radius 1 is 0.296 bits per heavy atom. The maximum absolute atomic E-state index is 5.04. The summed E-state index contributed by atoms with van der Waals surface area (Å²) in [5.41, 5.74) is 9.69. The summed E-state index contributed by atoms with van der Waals surface area (Å²) in [6, 6.07) is 66.3. The Kier molecular flexibility index (Phi) is 6.79. The van der Waals surface area contributed by atoms with Crippen molar-refractivity contribution in [3.05, 3.63) is 188 Å². The minimum absolute atomic E-state index is 0.630. The zero-order valence-electron chi connectivity index (χ0n) is 29.1. The molecule has 0 aliphatic carbocycles. The molecule has 3 heterocycles. The summed E-state index contributed by atoms with van der Waals surface area (Å²) in [7, 11) is 0. The summed E-state index contributed by atoms with van der Waals surface area (Å²) < 4.78 is 4.82. The number of hydrogen-bond donors (Lipinski definition) is 0. The van der Waals surface area contributed by atoms with Crippen molar-refractivity contribution in [3.63, 3.8) is 0 Å². The average molecular weight is 690 g/mol. The Morgan fingerprint density at radius 3 is 1.41 bits per heavy atom. The number of hydrogen-bond acceptors (Lipinski definition) is 3. The van der Waals surface area contributed by atoms with Gasteiger partial charge in [-0.2, -0.15) is 0 Å². The van der Waals surface area contributed by atoms with Gasteiger partial charge in [-0.15, -0.1) is 0 Å². The molecule has 0 fully saturated rings. The van der Waals surface area contributed by atoms with E-state index in [1.54, 1.807) is 0 Å². The standard InChI is InChI=1S/C49H31N5/c1-3-16-33(17-4-1)47-50-48(34-18-5-2-6-19-34)52-49(51-47)35-21-13-22-36(29-35)53-43-26-11-9-24-38(43)40-31-46-41(30-45(40)53)39-25-10-12-27-44(39)54(46)42-28-14-20-32-15-7-8-23-37(32)42/h1-31H. The van der Waals surface area contributed by atoms with E-state index in [2.05, 4.69) is 137 Å². The number of nitrogens with zero attached hydrogens (tertiary/aromatic N) is 5. The highest BCUT2D eigenvalue weighted by Gasteiger charge is 2.20. The van der Waals surface area contributed by atoms with Gasteiger partial charge in [0.25, 0.3) is 0 Å². The van der Waals surface area contributed by atoms with Gasteiger partial charge in [0.15, 0.2) is 17.5 Å². The monoisotopic (exact) mass is 689 g/mol. The number of benzene rings is 8. The highest BCUT2D eigenvalue weighted by molar-refractivity contribution is 6.19. The Labute approximate surface area is 311 Å². The van der Waals surface area contributed by atoms with Crippen molar-refractivity contribution in [2.75, 3.05) is 0 Å². The van der Waals surface area contributed by atoms with Crippen LogP contribution in [0.15, 0.2) is 188 Å². The third kappa shape index (κ3) is 4.76. The highest BCUT2D eigenvalue weighted by Crippen LogP contribution is 2.41. The molecule has 11 aromatic rings. The fourth-order valence-electron chi connectivity index (χ4n) is 8.09. The number of para-hydroxylation sites is 2. The van der Waals surface area contributed by atoms with Gasteiger partial charge in [-0.05, 0) is 47.9 Å². The Hall–Kier alpha value is -7.37. The van der Waals surface area contributed by atoms with Crippen LogP contribution < -0.4 is 0 Å². The predicted molar refractivity (Wildman–Crippen MR) is 222 cm³/mol. The first kappa shape index (κ1) is 30.3. The van der Waals surface area contributed by atoms with Gasteiger partial charge in [0, 0.05) is 49.3 Å². The maximum atomic E-state index is 5.04. The average Bonchev–Trinajstić information content (AvgIpc) is 3.75. The zero-order valence-corrected chi connectivity index (χ0v) is 29.1. The molecule has 5 heteroatoms. The molecule has 0 bridgehead atoms. The van der Waals surface area contributed by atoms with Crippen LogP contribution in [-0.2, 0) is 0 Å². The van der Waals surface area contributed by atoms with Crippen LogP contribution in [0.1, 0.15) is 0 Å². The van der Waals surface area contributed by atoms with E-state index >= 15 is 0 Å². The molecule has 252 valence electrons. The minimum atomic E-state index is 0.630. The molecule has 0 aliphatic rings. The molecule has 0 spiro atoms. The second-order valence-electron chi connectivity index (χ2n) is 13.7. The lowest BCUT2D eigenvalue weighted by Crippen LogP contribution is -2.01. The van der Waals surface area contributed by atoms with Gasteiger partial charge in [0.2, 0.25) is 0 Å². The van der Waals surface area contributed by atoms with Crippen LogP contribution >= 0.6 is 0 Å². The van der Waals surface area contributed by atoms with E-state index in [4.69, 9.17) is 15.0 Å². The van der Waals surface area contributed by atoms with Crippen LogP contribution in [0.5, 0.6) is 0 Å². The predicted octanol–water partition coefficient (Wildman–Crippen LogP) is 12.2. The molecule has 0 saturated carbocycles. The van der Waals surface area contributed by atoms with Gasteiger partial charge in [-0.3, -0.25) is 0 Å². The van der Waals surface area contributed by atoms with Crippen LogP contribution in [0.25, 0.3) is 99.9 Å². The van der Waals surface area contributed by atoms with E-state index < -0.39 is 0 Å².